The third kappa shape index (κ3) is 3.19. The van der Waals surface area contributed by atoms with Gasteiger partial charge in [0.1, 0.15) is 6.04 Å². The molecule has 1 saturated heterocycles. The van der Waals surface area contributed by atoms with Crippen LogP contribution in [-0.2, 0) is 4.79 Å². The number of aliphatic carboxylic acids is 1. The first-order valence-corrected chi connectivity index (χ1v) is 6.82. The van der Waals surface area contributed by atoms with Gasteiger partial charge in [-0.1, -0.05) is 19.3 Å². The third-order valence-electron chi connectivity index (χ3n) is 4.60. The van der Waals surface area contributed by atoms with E-state index in [1.165, 1.54) is 44.9 Å². The molecule has 1 atom stereocenters. The molecule has 17 heavy (non-hydrogen) atoms. The van der Waals surface area contributed by atoms with Gasteiger partial charge in [0.25, 0.3) is 0 Å². The van der Waals surface area contributed by atoms with Gasteiger partial charge in [0.2, 0.25) is 0 Å². The summed E-state index contributed by atoms with van der Waals surface area (Å²) < 4.78 is 0. The molecular weight excluding hydrogens is 216 g/mol. The fourth-order valence-corrected chi connectivity index (χ4v) is 3.37. The molecule has 2 aliphatic rings. The number of carbonyl (C=O) groups is 1. The number of carboxylic acids is 1. The van der Waals surface area contributed by atoms with Crippen LogP contribution in [0.1, 0.15) is 44.9 Å². The minimum absolute atomic E-state index is 0.505. The lowest BCUT2D eigenvalue weighted by molar-refractivity contribution is -0.139. The van der Waals surface area contributed by atoms with E-state index in [1.54, 1.807) is 0 Å². The largest absolute Gasteiger partial charge is 0.480 e. The number of rotatable bonds is 3. The maximum Gasteiger partial charge on any atom is 0.321 e. The molecule has 1 heterocycles. The van der Waals surface area contributed by atoms with Crippen LogP contribution in [0.5, 0.6) is 0 Å². The summed E-state index contributed by atoms with van der Waals surface area (Å²) in [5, 5.41) is 8.80. The monoisotopic (exact) mass is 240 g/mol. The van der Waals surface area contributed by atoms with Gasteiger partial charge >= 0.3 is 5.97 Å². The molecule has 1 spiro atoms. The van der Waals surface area contributed by atoms with Gasteiger partial charge in [-0.25, -0.2) is 0 Å². The molecule has 3 N–H and O–H groups in total. The Labute approximate surface area is 103 Å². The second-order valence-electron chi connectivity index (χ2n) is 5.81. The van der Waals surface area contributed by atoms with Crippen LogP contribution < -0.4 is 5.73 Å². The second-order valence-corrected chi connectivity index (χ2v) is 5.81. The van der Waals surface area contributed by atoms with Crippen molar-refractivity contribution in [2.75, 3.05) is 19.6 Å². The molecule has 1 unspecified atom stereocenters. The molecule has 2 rings (SSSR count). The maximum atomic E-state index is 10.7. The van der Waals surface area contributed by atoms with Crippen LogP contribution in [0.15, 0.2) is 0 Å². The van der Waals surface area contributed by atoms with E-state index in [4.69, 9.17) is 10.8 Å². The smallest absolute Gasteiger partial charge is 0.321 e. The highest BCUT2D eigenvalue weighted by atomic mass is 16.4. The van der Waals surface area contributed by atoms with Crippen molar-refractivity contribution in [1.82, 2.24) is 4.90 Å². The lowest BCUT2D eigenvalue weighted by Crippen LogP contribution is -2.48. The van der Waals surface area contributed by atoms with Crippen LogP contribution in [0.2, 0.25) is 0 Å². The van der Waals surface area contributed by atoms with Crippen molar-refractivity contribution in [1.29, 1.82) is 0 Å². The van der Waals surface area contributed by atoms with E-state index in [1.807, 2.05) is 0 Å². The van der Waals surface area contributed by atoms with Gasteiger partial charge in [-0.2, -0.15) is 0 Å². The van der Waals surface area contributed by atoms with Gasteiger partial charge in [-0.15, -0.1) is 0 Å². The Bertz CT molecular complexity index is 265. The van der Waals surface area contributed by atoms with Crippen LogP contribution in [0.3, 0.4) is 0 Å². The van der Waals surface area contributed by atoms with E-state index in [0.717, 1.165) is 13.1 Å². The highest BCUT2D eigenvalue weighted by molar-refractivity contribution is 5.73. The molecule has 1 aliphatic heterocycles. The first-order valence-electron chi connectivity index (χ1n) is 6.82. The normalized spacial score (nSPS) is 26.9. The zero-order valence-corrected chi connectivity index (χ0v) is 10.5. The van der Waals surface area contributed by atoms with Gasteiger partial charge in [-0.3, -0.25) is 4.79 Å². The summed E-state index contributed by atoms with van der Waals surface area (Å²) in [6, 6.07) is -0.726. The lowest BCUT2D eigenvalue weighted by Gasteiger charge is -2.44. The van der Waals surface area contributed by atoms with E-state index in [0.29, 0.717) is 12.0 Å². The predicted octanol–water partition coefficient (Wildman–Crippen LogP) is 1.44. The Morgan fingerprint density at radius 2 is 1.76 bits per heavy atom. The van der Waals surface area contributed by atoms with Crippen LogP contribution in [0, 0.1) is 5.41 Å². The van der Waals surface area contributed by atoms with Crippen LogP contribution in [0.4, 0.5) is 0 Å². The van der Waals surface area contributed by atoms with Gasteiger partial charge in [-0.05, 0) is 44.2 Å². The highest BCUT2D eigenvalue weighted by Gasteiger charge is 2.35. The van der Waals surface area contributed by atoms with Crippen LogP contribution >= 0.6 is 0 Å². The number of nitrogens with two attached hydrogens (primary N) is 1. The molecule has 0 aromatic heterocycles. The minimum atomic E-state index is -0.886. The molecule has 2 fully saturated rings. The molecule has 98 valence electrons. The molecule has 0 bridgehead atoms. The van der Waals surface area contributed by atoms with Gasteiger partial charge < -0.3 is 15.7 Å². The van der Waals surface area contributed by atoms with Gasteiger partial charge in [0.05, 0.1) is 0 Å². The average Bonchev–Trinajstić information content (AvgIpc) is 2.33. The van der Waals surface area contributed by atoms with Crippen molar-refractivity contribution in [3.8, 4) is 0 Å². The topological polar surface area (TPSA) is 66.6 Å². The maximum absolute atomic E-state index is 10.7. The summed E-state index contributed by atoms with van der Waals surface area (Å²) in [4.78, 5) is 12.9. The summed E-state index contributed by atoms with van der Waals surface area (Å²) in [5.74, 6) is -0.886. The summed E-state index contributed by atoms with van der Waals surface area (Å²) in [7, 11) is 0. The summed E-state index contributed by atoms with van der Waals surface area (Å²) in [6.45, 7) is 2.56. The number of hydrogen-bond acceptors (Lipinski definition) is 3. The van der Waals surface area contributed by atoms with E-state index < -0.39 is 12.0 Å². The van der Waals surface area contributed by atoms with Crippen molar-refractivity contribution in [2.24, 2.45) is 11.1 Å². The van der Waals surface area contributed by atoms with Crippen molar-refractivity contribution in [3.63, 3.8) is 0 Å². The molecule has 1 aliphatic carbocycles. The standard InChI is InChI=1S/C13H24N2O2/c14-11(12(16)17)10-15-8-6-13(7-9-15)4-2-1-3-5-13/h11H,1-10,14H2,(H,16,17). The van der Waals surface area contributed by atoms with E-state index >= 15 is 0 Å². The molecule has 0 amide bonds. The number of nitrogens with zero attached hydrogens (tertiary/aromatic N) is 1. The fourth-order valence-electron chi connectivity index (χ4n) is 3.37. The number of piperidine rings is 1. The Kier molecular flexibility index (Phi) is 4.05. The molecule has 4 nitrogen and oxygen atoms in total. The minimum Gasteiger partial charge on any atom is -0.480 e. The van der Waals surface area contributed by atoms with E-state index in [9.17, 15) is 4.79 Å². The highest BCUT2D eigenvalue weighted by Crippen LogP contribution is 2.44. The quantitative estimate of drug-likeness (QED) is 0.783. The van der Waals surface area contributed by atoms with Crippen molar-refractivity contribution >= 4 is 5.97 Å². The molecular formula is C13H24N2O2. The molecule has 0 aromatic carbocycles. The lowest BCUT2D eigenvalue weighted by atomic mass is 9.68. The molecule has 1 saturated carbocycles. The van der Waals surface area contributed by atoms with Crippen molar-refractivity contribution in [2.45, 2.75) is 51.0 Å². The Hall–Kier alpha value is -0.610. The predicted molar refractivity (Wildman–Crippen MR) is 66.8 cm³/mol. The Morgan fingerprint density at radius 3 is 2.29 bits per heavy atom. The first kappa shape index (κ1) is 12.8. The number of likely N-dealkylation sites (tertiary alicyclic amines) is 1. The Balaban J connectivity index is 1.79. The summed E-state index contributed by atoms with van der Waals surface area (Å²) in [5.41, 5.74) is 6.16. The zero-order chi connectivity index (χ0) is 12.3. The molecule has 0 radical (unpaired) electrons. The summed E-state index contributed by atoms with van der Waals surface area (Å²) >= 11 is 0. The fraction of sp³-hybridized carbons (Fsp3) is 0.923. The van der Waals surface area contributed by atoms with Crippen LogP contribution in [-0.4, -0.2) is 41.7 Å². The van der Waals surface area contributed by atoms with Gasteiger partial charge in [0, 0.05) is 6.54 Å². The van der Waals surface area contributed by atoms with E-state index in [-0.39, 0.29) is 0 Å². The third-order valence-corrected chi connectivity index (χ3v) is 4.60. The average molecular weight is 240 g/mol. The molecule has 0 aromatic rings. The first-order chi connectivity index (χ1) is 8.11. The zero-order valence-electron chi connectivity index (χ0n) is 10.5. The van der Waals surface area contributed by atoms with Crippen molar-refractivity contribution in [3.05, 3.63) is 0 Å². The van der Waals surface area contributed by atoms with E-state index in [2.05, 4.69) is 4.90 Å². The Morgan fingerprint density at radius 1 is 1.18 bits per heavy atom. The van der Waals surface area contributed by atoms with Crippen LogP contribution in [0.25, 0.3) is 0 Å². The number of hydrogen-bond donors (Lipinski definition) is 2. The summed E-state index contributed by atoms with van der Waals surface area (Å²) in [6.07, 6.45) is 9.40. The second kappa shape index (κ2) is 5.36. The van der Waals surface area contributed by atoms with Crippen molar-refractivity contribution < 1.29 is 9.90 Å². The SMILES string of the molecule is NC(CN1CCC2(CCCCC2)CC1)C(=O)O. The number of carboxylic acid groups (broad SMARTS) is 1. The van der Waals surface area contributed by atoms with Gasteiger partial charge in [0.15, 0.2) is 0 Å². The molecule has 4 heteroatoms.